The van der Waals surface area contributed by atoms with E-state index in [0.717, 1.165) is 22.9 Å². The van der Waals surface area contributed by atoms with Crippen LogP contribution in [0.5, 0.6) is 0 Å². The lowest BCUT2D eigenvalue weighted by Gasteiger charge is -2.07. The molecule has 0 atom stereocenters. The van der Waals surface area contributed by atoms with Gasteiger partial charge in [0, 0.05) is 10.6 Å². The molecule has 1 N–H and O–H groups in total. The highest BCUT2D eigenvalue weighted by molar-refractivity contribution is 7.11. The molecule has 0 radical (unpaired) electrons. The largest absolute Gasteiger partial charge is 0.380 e. The number of hydrogen-bond acceptors (Lipinski definition) is 3. The van der Waals surface area contributed by atoms with Crippen LogP contribution in [0.2, 0.25) is 0 Å². The van der Waals surface area contributed by atoms with Crippen LogP contribution in [0.4, 0.5) is 5.69 Å². The van der Waals surface area contributed by atoms with Crippen molar-refractivity contribution in [3.63, 3.8) is 0 Å². The lowest BCUT2D eigenvalue weighted by Crippen LogP contribution is -1.98. The summed E-state index contributed by atoms with van der Waals surface area (Å²) in [5.41, 5.74) is 4.76. The number of hydrogen-bond donors (Lipinski definition) is 1. The van der Waals surface area contributed by atoms with Gasteiger partial charge in [-0.1, -0.05) is 42.5 Å². The normalized spacial score (nSPS) is 10.6. The zero-order valence-corrected chi connectivity index (χ0v) is 13.1. The highest BCUT2D eigenvalue weighted by atomic mass is 32.1. The summed E-state index contributed by atoms with van der Waals surface area (Å²) in [6.45, 7) is 4.96. The summed E-state index contributed by atoms with van der Waals surface area (Å²) in [5.74, 6) is 0. The predicted molar refractivity (Wildman–Crippen MR) is 90.8 cm³/mol. The molecule has 21 heavy (non-hydrogen) atoms. The molecular formula is C18H18N2S. The van der Waals surface area contributed by atoms with Gasteiger partial charge in [-0.2, -0.15) is 0 Å². The van der Waals surface area contributed by atoms with E-state index in [1.807, 2.05) is 6.07 Å². The lowest BCUT2D eigenvalue weighted by atomic mass is 10.1. The fraction of sp³-hybridized carbons (Fsp3) is 0.167. The summed E-state index contributed by atoms with van der Waals surface area (Å²) in [4.78, 5) is 5.76. The fourth-order valence-electron chi connectivity index (χ4n) is 2.33. The first-order chi connectivity index (χ1) is 10.2. The highest BCUT2D eigenvalue weighted by Gasteiger charge is 2.04. The zero-order valence-electron chi connectivity index (χ0n) is 12.3. The minimum absolute atomic E-state index is 0.835. The van der Waals surface area contributed by atoms with Crippen molar-refractivity contribution in [3.8, 4) is 11.1 Å². The molecule has 3 heteroatoms. The Morgan fingerprint density at radius 2 is 1.57 bits per heavy atom. The third-order valence-electron chi connectivity index (χ3n) is 3.44. The smallest absolute Gasteiger partial charge is 0.0900 e. The summed E-state index contributed by atoms with van der Waals surface area (Å²) in [6.07, 6.45) is 0. The number of aryl methyl sites for hydroxylation is 2. The van der Waals surface area contributed by atoms with Crippen LogP contribution in [0.3, 0.4) is 0 Å². The van der Waals surface area contributed by atoms with Crippen LogP contribution in [-0.2, 0) is 6.54 Å². The van der Waals surface area contributed by atoms with E-state index >= 15 is 0 Å². The van der Waals surface area contributed by atoms with Crippen LogP contribution in [0.1, 0.15) is 15.6 Å². The molecule has 0 saturated heterocycles. The number of nitrogens with zero attached hydrogens (tertiary/aromatic N) is 1. The van der Waals surface area contributed by atoms with Gasteiger partial charge in [-0.25, -0.2) is 4.98 Å². The van der Waals surface area contributed by atoms with Crippen molar-refractivity contribution < 1.29 is 0 Å². The highest BCUT2D eigenvalue weighted by Crippen LogP contribution is 2.22. The molecule has 1 aromatic heterocycles. The maximum atomic E-state index is 4.46. The van der Waals surface area contributed by atoms with Crippen LogP contribution in [0, 0.1) is 13.8 Å². The fourth-order valence-corrected chi connectivity index (χ4v) is 3.21. The van der Waals surface area contributed by atoms with Crippen molar-refractivity contribution in [2.75, 3.05) is 5.32 Å². The van der Waals surface area contributed by atoms with Gasteiger partial charge in [0.2, 0.25) is 0 Å². The molecule has 0 fully saturated rings. The monoisotopic (exact) mass is 294 g/mol. The van der Waals surface area contributed by atoms with Crippen LogP contribution in [0.25, 0.3) is 11.1 Å². The standard InChI is InChI=1S/C18H18N2S/c1-13-18(21-14(2)20-13)12-19-17-10-8-16(9-11-17)15-6-4-3-5-7-15/h3-11,19H,12H2,1-2H3. The summed E-state index contributed by atoms with van der Waals surface area (Å²) in [6, 6.07) is 19.0. The number of anilines is 1. The Hall–Kier alpha value is -2.13. The third-order valence-corrected chi connectivity index (χ3v) is 4.52. The topological polar surface area (TPSA) is 24.9 Å². The molecule has 0 bridgehead atoms. The second-order valence-corrected chi connectivity index (χ2v) is 6.33. The lowest BCUT2D eigenvalue weighted by molar-refractivity contribution is 1.11. The van der Waals surface area contributed by atoms with Crippen molar-refractivity contribution in [3.05, 3.63) is 70.2 Å². The minimum atomic E-state index is 0.835. The second kappa shape index (κ2) is 6.10. The van der Waals surface area contributed by atoms with Crippen LogP contribution in [-0.4, -0.2) is 4.98 Å². The molecule has 0 unspecified atom stereocenters. The van der Waals surface area contributed by atoms with Gasteiger partial charge < -0.3 is 5.32 Å². The van der Waals surface area contributed by atoms with E-state index in [1.54, 1.807) is 11.3 Å². The molecule has 2 nitrogen and oxygen atoms in total. The van der Waals surface area contributed by atoms with Gasteiger partial charge >= 0.3 is 0 Å². The van der Waals surface area contributed by atoms with Crippen LogP contribution in [0.15, 0.2) is 54.6 Å². The van der Waals surface area contributed by atoms with Gasteiger partial charge in [-0.3, -0.25) is 0 Å². The summed E-state index contributed by atoms with van der Waals surface area (Å²) in [5, 5.41) is 4.59. The number of benzene rings is 2. The SMILES string of the molecule is Cc1nc(C)c(CNc2ccc(-c3ccccc3)cc2)s1. The van der Waals surface area contributed by atoms with Crippen molar-refractivity contribution in [2.45, 2.75) is 20.4 Å². The number of nitrogens with one attached hydrogen (secondary N) is 1. The Bertz CT molecular complexity index is 715. The molecule has 3 aromatic rings. The van der Waals surface area contributed by atoms with Gasteiger partial charge in [0.15, 0.2) is 0 Å². The molecule has 106 valence electrons. The minimum Gasteiger partial charge on any atom is -0.380 e. The van der Waals surface area contributed by atoms with Crippen LogP contribution < -0.4 is 5.32 Å². The molecular weight excluding hydrogens is 276 g/mol. The Labute approximate surface area is 129 Å². The molecule has 3 rings (SSSR count). The number of thiazole rings is 1. The van der Waals surface area contributed by atoms with E-state index in [2.05, 4.69) is 72.7 Å². The number of rotatable bonds is 4. The maximum absolute atomic E-state index is 4.46. The van der Waals surface area contributed by atoms with E-state index in [9.17, 15) is 0 Å². The number of aromatic nitrogens is 1. The van der Waals surface area contributed by atoms with Gasteiger partial charge in [-0.05, 0) is 37.1 Å². The van der Waals surface area contributed by atoms with E-state index in [0.29, 0.717) is 0 Å². The molecule has 0 amide bonds. The van der Waals surface area contributed by atoms with Crippen molar-refractivity contribution in [1.82, 2.24) is 4.98 Å². The van der Waals surface area contributed by atoms with Crippen molar-refractivity contribution in [1.29, 1.82) is 0 Å². The second-order valence-electron chi connectivity index (χ2n) is 5.04. The predicted octanol–water partition coefficient (Wildman–Crippen LogP) is 5.04. The van der Waals surface area contributed by atoms with Gasteiger partial charge in [0.25, 0.3) is 0 Å². The molecule has 0 spiro atoms. The Kier molecular flexibility index (Phi) is 4.02. The average molecular weight is 294 g/mol. The molecule has 0 saturated carbocycles. The molecule has 2 aromatic carbocycles. The third kappa shape index (κ3) is 3.31. The molecule has 0 aliphatic heterocycles. The van der Waals surface area contributed by atoms with Gasteiger partial charge in [0.05, 0.1) is 17.2 Å². The van der Waals surface area contributed by atoms with Crippen LogP contribution >= 0.6 is 11.3 Å². The van der Waals surface area contributed by atoms with Crippen molar-refractivity contribution in [2.24, 2.45) is 0 Å². The Balaban J connectivity index is 1.69. The van der Waals surface area contributed by atoms with E-state index in [1.165, 1.54) is 16.0 Å². The first-order valence-electron chi connectivity index (χ1n) is 7.04. The van der Waals surface area contributed by atoms with Gasteiger partial charge in [0.1, 0.15) is 0 Å². The first kappa shape index (κ1) is 13.8. The molecule has 1 heterocycles. The van der Waals surface area contributed by atoms with E-state index < -0.39 is 0 Å². The quantitative estimate of drug-likeness (QED) is 0.729. The molecule has 0 aliphatic carbocycles. The average Bonchev–Trinajstić information content (AvgIpc) is 2.84. The summed E-state index contributed by atoms with van der Waals surface area (Å²) in [7, 11) is 0. The Morgan fingerprint density at radius 1 is 0.905 bits per heavy atom. The van der Waals surface area contributed by atoms with E-state index in [-0.39, 0.29) is 0 Å². The summed E-state index contributed by atoms with van der Waals surface area (Å²) >= 11 is 1.76. The first-order valence-corrected chi connectivity index (χ1v) is 7.86. The van der Waals surface area contributed by atoms with Crippen molar-refractivity contribution >= 4 is 17.0 Å². The zero-order chi connectivity index (χ0) is 14.7. The Morgan fingerprint density at radius 3 is 2.19 bits per heavy atom. The maximum Gasteiger partial charge on any atom is 0.0900 e. The van der Waals surface area contributed by atoms with E-state index in [4.69, 9.17) is 0 Å². The molecule has 0 aliphatic rings. The van der Waals surface area contributed by atoms with Gasteiger partial charge in [-0.15, -0.1) is 11.3 Å². The summed E-state index contributed by atoms with van der Waals surface area (Å²) < 4.78 is 0.